The summed E-state index contributed by atoms with van der Waals surface area (Å²) in [5.74, 6) is 3.09. The Kier molecular flexibility index (Phi) is 5.76. The largest absolute Gasteiger partial charge is 0.494 e. The lowest BCUT2D eigenvalue weighted by Gasteiger charge is -2.28. The Morgan fingerprint density at radius 2 is 1.64 bits per heavy atom. The molecule has 1 N–H and O–H groups in total. The number of rotatable bonds is 7. The van der Waals surface area contributed by atoms with E-state index in [-0.39, 0.29) is 18.4 Å². The molecule has 33 heavy (non-hydrogen) atoms. The van der Waals surface area contributed by atoms with Gasteiger partial charge >= 0.3 is 0 Å². The van der Waals surface area contributed by atoms with Gasteiger partial charge < -0.3 is 19.3 Å². The molecule has 7 nitrogen and oxygen atoms in total. The maximum atomic E-state index is 12.8. The van der Waals surface area contributed by atoms with Gasteiger partial charge in [-0.25, -0.2) is 0 Å². The summed E-state index contributed by atoms with van der Waals surface area (Å²) in [6.45, 7) is 2.55. The Balaban J connectivity index is 1.25. The highest BCUT2D eigenvalue weighted by atomic mass is 16.5. The van der Waals surface area contributed by atoms with E-state index >= 15 is 0 Å². The minimum absolute atomic E-state index is 0.104. The van der Waals surface area contributed by atoms with E-state index in [2.05, 4.69) is 15.5 Å². The predicted octanol–water partition coefficient (Wildman–Crippen LogP) is 5.08. The predicted molar refractivity (Wildman–Crippen MR) is 122 cm³/mol. The molecular weight excluding hydrogens is 418 g/mol. The highest BCUT2D eigenvalue weighted by molar-refractivity contribution is 5.78. The molecule has 7 heteroatoms. The van der Waals surface area contributed by atoms with Crippen molar-refractivity contribution in [3.63, 3.8) is 0 Å². The van der Waals surface area contributed by atoms with E-state index in [0.717, 1.165) is 33.9 Å². The molecule has 0 saturated carbocycles. The van der Waals surface area contributed by atoms with Crippen LogP contribution in [-0.4, -0.2) is 22.7 Å². The zero-order chi connectivity index (χ0) is 22.6. The summed E-state index contributed by atoms with van der Waals surface area (Å²) in [6, 6.07) is 22.7. The number of hydrogen-bond donors (Lipinski definition) is 1. The summed E-state index contributed by atoms with van der Waals surface area (Å²) in [6.07, 6.45) is 0.578. The van der Waals surface area contributed by atoms with Gasteiger partial charge in [0.05, 0.1) is 12.6 Å². The first kappa shape index (κ1) is 20.8. The van der Waals surface area contributed by atoms with Crippen LogP contribution in [0.3, 0.4) is 0 Å². The monoisotopic (exact) mass is 441 g/mol. The van der Waals surface area contributed by atoms with E-state index in [1.54, 1.807) is 0 Å². The molecule has 166 valence electrons. The smallest absolute Gasteiger partial charge is 0.227 e. The van der Waals surface area contributed by atoms with Crippen LogP contribution in [0.2, 0.25) is 0 Å². The second-order valence-corrected chi connectivity index (χ2v) is 7.65. The summed E-state index contributed by atoms with van der Waals surface area (Å²) in [7, 11) is 0. The molecule has 3 aromatic carbocycles. The summed E-state index contributed by atoms with van der Waals surface area (Å²) in [5, 5.41) is 7.18. The van der Waals surface area contributed by atoms with Gasteiger partial charge in [0.1, 0.15) is 17.2 Å². The standard InChI is InChI=1S/C26H23N3O4/c1-2-31-18-13-11-17(12-14-18)26-28-24(33-29-26)16-15-23(30)27-25-19-7-3-5-9-21(19)32-22-10-6-4-8-20(22)25/h3-14,25H,2,15-16H2,1H3,(H,27,30). The third-order valence-electron chi connectivity index (χ3n) is 5.44. The number of benzene rings is 3. The summed E-state index contributed by atoms with van der Waals surface area (Å²) >= 11 is 0. The van der Waals surface area contributed by atoms with Gasteiger partial charge in [-0.2, -0.15) is 4.98 Å². The Bertz CT molecular complexity index is 1220. The van der Waals surface area contributed by atoms with Crippen molar-refractivity contribution in [1.29, 1.82) is 0 Å². The number of fused-ring (bicyclic) bond motifs is 2. The third-order valence-corrected chi connectivity index (χ3v) is 5.44. The second kappa shape index (κ2) is 9.16. The molecule has 1 aliphatic rings. The van der Waals surface area contributed by atoms with Gasteiger partial charge in [0.15, 0.2) is 0 Å². The number of nitrogens with one attached hydrogen (secondary N) is 1. The van der Waals surface area contributed by atoms with Gasteiger partial charge in [-0.15, -0.1) is 0 Å². The summed E-state index contributed by atoms with van der Waals surface area (Å²) in [5.41, 5.74) is 2.69. The zero-order valence-electron chi connectivity index (χ0n) is 18.2. The van der Waals surface area contributed by atoms with Crippen LogP contribution in [0, 0.1) is 0 Å². The van der Waals surface area contributed by atoms with Crippen molar-refractivity contribution < 1.29 is 18.8 Å². The fraction of sp³-hybridized carbons (Fsp3) is 0.192. The maximum absolute atomic E-state index is 12.8. The van der Waals surface area contributed by atoms with E-state index in [1.807, 2.05) is 79.7 Å². The lowest BCUT2D eigenvalue weighted by Crippen LogP contribution is -2.31. The van der Waals surface area contributed by atoms with Crippen LogP contribution in [0.25, 0.3) is 11.4 Å². The van der Waals surface area contributed by atoms with E-state index < -0.39 is 0 Å². The number of aromatic nitrogens is 2. The van der Waals surface area contributed by atoms with Crippen molar-refractivity contribution in [2.24, 2.45) is 0 Å². The first-order chi connectivity index (χ1) is 16.2. The van der Waals surface area contributed by atoms with Crippen LogP contribution >= 0.6 is 0 Å². The van der Waals surface area contributed by atoms with E-state index in [0.29, 0.717) is 24.7 Å². The van der Waals surface area contributed by atoms with Gasteiger partial charge in [0, 0.05) is 29.5 Å². The van der Waals surface area contributed by atoms with E-state index in [1.165, 1.54) is 0 Å². The normalized spacial score (nSPS) is 12.4. The lowest BCUT2D eigenvalue weighted by molar-refractivity contribution is -0.121. The van der Waals surface area contributed by atoms with Crippen LogP contribution in [0.1, 0.15) is 36.4 Å². The van der Waals surface area contributed by atoms with Crippen LogP contribution in [0.4, 0.5) is 0 Å². The summed E-state index contributed by atoms with van der Waals surface area (Å²) in [4.78, 5) is 17.3. The number of hydrogen-bond acceptors (Lipinski definition) is 6. The van der Waals surface area contributed by atoms with Crippen molar-refractivity contribution in [1.82, 2.24) is 15.5 Å². The number of aryl methyl sites for hydroxylation is 1. The van der Waals surface area contributed by atoms with Gasteiger partial charge in [0.25, 0.3) is 0 Å². The van der Waals surface area contributed by atoms with Crippen LogP contribution < -0.4 is 14.8 Å². The van der Waals surface area contributed by atoms with Crippen molar-refractivity contribution >= 4 is 5.91 Å². The van der Waals surface area contributed by atoms with Crippen molar-refractivity contribution in [2.75, 3.05) is 6.61 Å². The maximum Gasteiger partial charge on any atom is 0.227 e. The molecule has 1 aliphatic heterocycles. The van der Waals surface area contributed by atoms with Crippen LogP contribution in [0.5, 0.6) is 17.2 Å². The molecule has 0 saturated heterocycles. The highest BCUT2D eigenvalue weighted by Gasteiger charge is 2.28. The number of para-hydroxylation sites is 2. The molecule has 1 amide bonds. The second-order valence-electron chi connectivity index (χ2n) is 7.65. The Morgan fingerprint density at radius 3 is 2.30 bits per heavy atom. The molecule has 0 atom stereocenters. The van der Waals surface area contributed by atoms with Crippen molar-refractivity contribution in [2.45, 2.75) is 25.8 Å². The molecule has 0 radical (unpaired) electrons. The van der Waals surface area contributed by atoms with Gasteiger partial charge in [0.2, 0.25) is 17.6 Å². The van der Waals surface area contributed by atoms with E-state index in [4.69, 9.17) is 14.0 Å². The van der Waals surface area contributed by atoms with Gasteiger partial charge in [-0.1, -0.05) is 41.6 Å². The molecule has 0 fully saturated rings. The molecule has 2 heterocycles. The van der Waals surface area contributed by atoms with Crippen molar-refractivity contribution in [3.05, 3.63) is 89.8 Å². The number of carbonyl (C=O) groups excluding carboxylic acids is 1. The number of ether oxygens (including phenoxy) is 2. The Labute approximate surface area is 191 Å². The SMILES string of the molecule is CCOc1ccc(-c2noc(CCC(=O)NC3c4ccccc4Oc4ccccc43)n2)cc1. The first-order valence-electron chi connectivity index (χ1n) is 10.9. The number of carbonyl (C=O) groups is 1. The molecule has 0 aliphatic carbocycles. The molecule has 0 spiro atoms. The van der Waals surface area contributed by atoms with E-state index in [9.17, 15) is 4.79 Å². The average Bonchev–Trinajstić information content (AvgIpc) is 3.32. The number of amides is 1. The molecule has 4 aromatic rings. The van der Waals surface area contributed by atoms with Gasteiger partial charge in [-0.05, 0) is 43.3 Å². The topological polar surface area (TPSA) is 86.5 Å². The Hall–Kier alpha value is -4.13. The molecule has 5 rings (SSSR count). The molecule has 1 aromatic heterocycles. The van der Waals surface area contributed by atoms with Crippen LogP contribution in [0.15, 0.2) is 77.3 Å². The average molecular weight is 441 g/mol. The minimum atomic E-state index is -0.277. The van der Waals surface area contributed by atoms with Gasteiger partial charge in [-0.3, -0.25) is 4.79 Å². The summed E-state index contributed by atoms with van der Waals surface area (Å²) < 4.78 is 16.8. The molecular formula is C26H23N3O4. The fourth-order valence-corrected chi connectivity index (χ4v) is 3.86. The zero-order valence-corrected chi connectivity index (χ0v) is 18.2. The van der Waals surface area contributed by atoms with Crippen molar-refractivity contribution in [3.8, 4) is 28.6 Å². The van der Waals surface area contributed by atoms with Crippen LogP contribution in [-0.2, 0) is 11.2 Å². The lowest BCUT2D eigenvalue weighted by atomic mass is 9.94. The molecule has 0 bridgehead atoms. The first-order valence-corrected chi connectivity index (χ1v) is 10.9. The quantitative estimate of drug-likeness (QED) is 0.430. The highest BCUT2D eigenvalue weighted by Crippen LogP contribution is 2.42. The Morgan fingerprint density at radius 1 is 0.970 bits per heavy atom. The molecule has 0 unspecified atom stereocenters. The minimum Gasteiger partial charge on any atom is -0.494 e. The third kappa shape index (κ3) is 4.43. The number of nitrogens with zero attached hydrogens (tertiary/aromatic N) is 2. The fourth-order valence-electron chi connectivity index (χ4n) is 3.86.